The molecule has 2 aliphatic rings. The number of hydrogen-bond donors (Lipinski definition) is 0. The molecule has 1 saturated carbocycles. The van der Waals surface area contributed by atoms with Gasteiger partial charge in [-0.25, -0.2) is 14.8 Å². The first-order valence-corrected chi connectivity index (χ1v) is 13.1. The van der Waals surface area contributed by atoms with Gasteiger partial charge in [-0.2, -0.15) is 13.2 Å². The number of amides is 1. The summed E-state index contributed by atoms with van der Waals surface area (Å²) >= 11 is 0. The standard InChI is InChI=1S/C28H34F3N5O2/c1-17-14-35(26(37)38-27(3,4)5)18(2)13-34(17)24-23-22(19-8-6-9-19)15-36(25(23)33-16-32-24)21-11-7-10-20(12-21)28(29,30)31/h7,10-12,15-19H,6,8-9,13-14H2,1-5H3/t17-,18+/m0/s1. The van der Waals surface area contributed by atoms with Gasteiger partial charge in [-0.05, 0) is 77.1 Å². The minimum Gasteiger partial charge on any atom is -0.444 e. The van der Waals surface area contributed by atoms with E-state index in [9.17, 15) is 18.0 Å². The lowest BCUT2D eigenvalue weighted by Gasteiger charge is -2.45. The van der Waals surface area contributed by atoms with Gasteiger partial charge < -0.3 is 19.1 Å². The van der Waals surface area contributed by atoms with Crippen LogP contribution in [0.4, 0.5) is 23.8 Å². The molecular formula is C28H34F3N5O2. The van der Waals surface area contributed by atoms with Crippen LogP contribution < -0.4 is 4.90 Å². The molecule has 1 saturated heterocycles. The van der Waals surface area contributed by atoms with Crippen molar-refractivity contribution in [2.45, 2.75) is 83.7 Å². The smallest absolute Gasteiger partial charge is 0.416 e. The molecule has 3 heterocycles. The number of ether oxygens (including phenoxy) is 1. The van der Waals surface area contributed by atoms with Gasteiger partial charge in [-0.1, -0.05) is 12.5 Å². The van der Waals surface area contributed by atoms with E-state index in [0.29, 0.717) is 30.3 Å². The molecule has 0 bridgehead atoms. The van der Waals surface area contributed by atoms with E-state index < -0.39 is 17.3 Å². The number of nitrogens with zero attached hydrogens (tertiary/aromatic N) is 5. The van der Waals surface area contributed by atoms with Crippen LogP contribution in [-0.4, -0.2) is 56.3 Å². The van der Waals surface area contributed by atoms with Crippen LogP contribution in [0.3, 0.4) is 0 Å². The predicted octanol–water partition coefficient (Wildman–Crippen LogP) is 6.54. The first kappa shape index (κ1) is 26.3. The van der Waals surface area contributed by atoms with Crippen molar-refractivity contribution >= 4 is 22.9 Å². The Labute approximate surface area is 220 Å². The molecule has 2 atom stereocenters. The summed E-state index contributed by atoms with van der Waals surface area (Å²) in [7, 11) is 0. The summed E-state index contributed by atoms with van der Waals surface area (Å²) < 4.78 is 47.8. The quantitative estimate of drug-likeness (QED) is 0.386. The Morgan fingerprint density at radius 3 is 2.42 bits per heavy atom. The lowest BCUT2D eigenvalue weighted by molar-refractivity contribution is -0.137. The number of anilines is 1. The Hall–Kier alpha value is -3.30. The summed E-state index contributed by atoms with van der Waals surface area (Å²) in [5, 5.41) is 0.874. The van der Waals surface area contributed by atoms with E-state index in [1.165, 1.54) is 12.4 Å². The van der Waals surface area contributed by atoms with Crippen molar-refractivity contribution in [2.75, 3.05) is 18.0 Å². The Kier molecular flexibility index (Phi) is 6.55. The SMILES string of the molecule is C[C@@H]1CN(c2ncnc3c2c(C2CCC2)cn3-c2cccc(C(F)(F)F)c2)[C@@H](C)CN1C(=O)OC(C)(C)C. The molecule has 10 heteroatoms. The van der Waals surface area contributed by atoms with Gasteiger partial charge in [0.1, 0.15) is 23.4 Å². The summed E-state index contributed by atoms with van der Waals surface area (Å²) in [6.45, 7) is 10.6. The fourth-order valence-electron chi connectivity index (χ4n) is 5.35. The second kappa shape index (κ2) is 9.47. The maximum absolute atomic E-state index is 13.5. The lowest BCUT2D eigenvalue weighted by atomic mass is 9.80. The number of fused-ring (bicyclic) bond motifs is 1. The monoisotopic (exact) mass is 529 g/mol. The average Bonchev–Trinajstić information content (AvgIpc) is 3.17. The molecule has 5 rings (SSSR count). The Morgan fingerprint density at radius 2 is 1.79 bits per heavy atom. The Balaban J connectivity index is 1.56. The molecule has 2 aromatic heterocycles. The van der Waals surface area contributed by atoms with E-state index in [1.54, 1.807) is 15.5 Å². The van der Waals surface area contributed by atoms with Crippen molar-refractivity contribution in [1.82, 2.24) is 19.4 Å². The summed E-state index contributed by atoms with van der Waals surface area (Å²) in [5.74, 6) is 1.07. The second-order valence-electron chi connectivity index (χ2n) is 11.5. The molecule has 7 nitrogen and oxygen atoms in total. The molecule has 0 spiro atoms. The third-order valence-corrected chi connectivity index (χ3v) is 7.47. The molecule has 0 N–H and O–H groups in total. The molecule has 1 amide bonds. The number of rotatable bonds is 3. The number of carbonyl (C=O) groups is 1. The lowest BCUT2D eigenvalue weighted by Crippen LogP contribution is -2.59. The molecule has 0 radical (unpaired) electrons. The van der Waals surface area contributed by atoms with Crippen molar-refractivity contribution in [3.05, 3.63) is 47.9 Å². The summed E-state index contributed by atoms with van der Waals surface area (Å²) in [6.07, 6.45) is 1.80. The van der Waals surface area contributed by atoms with Gasteiger partial charge in [-0.15, -0.1) is 0 Å². The van der Waals surface area contributed by atoms with Crippen molar-refractivity contribution < 1.29 is 22.7 Å². The third kappa shape index (κ3) is 4.92. The number of piperazine rings is 1. The van der Waals surface area contributed by atoms with Gasteiger partial charge in [0, 0.05) is 37.1 Å². The first-order valence-electron chi connectivity index (χ1n) is 13.1. The van der Waals surface area contributed by atoms with Gasteiger partial charge in [0.15, 0.2) is 0 Å². The maximum atomic E-state index is 13.5. The van der Waals surface area contributed by atoms with Crippen LogP contribution in [-0.2, 0) is 10.9 Å². The van der Waals surface area contributed by atoms with Gasteiger partial charge in [0.25, 0.3) is 0 Å². The molecule has 1 aromatic carbocycles. The highest BCUT2D eigenvalue weighted by Gasteiger charge is 2.37. The maximum Gasteiger partial charge on any atom is 0.416 e. The van der Waals surface area contributed by atoms with Crippen LogP contribution in [0.5, 0.6) is 0 Å². The number of hydrogen-bond acceptors (Lipinski definition) is 5. The zero-order chi connectivity index (χ0) is 27.4. The highest BCUT2D eigenvalue weighted by atomic mass is 19.4. The third-order valence-electron chi connectivity index (χ3n) is 7.47. The van der Waals surface area contributed by atoms with Crippen molar-refractivity contribution in [3.8, 4) is 5.69 Å². The molecule has 3 aromatic rings. The number of aromatic nitrogens is 3. The van der Waals surface area contributed by atoms with Crippen LogP contribution in [0.25, 0.3) is 16.7 Å². The summed E-state index contributed by atoms with van der Waals surface area (Å²) in [4.78, 5) is 26.0. The predicted molar refractivity (Wildman–Crippen MR) is 140 cm³/mol. The number of alkyl halides is 3. The van der Waals surface area contributed by atoms with Gasteiger partial charge >= 0.3 is 12.3 Å². The number of halogens is 3. The summed E-state index contributed by atoms with van der Waals surface area (Å²) in [6, 6.07) is 5.16. The number of carbonyl (C=O) groups excluding carboxylic acids is 1. The number of benzene rings is 1. The van der Waals surface area contributed by atoms with Gasteiger partial charge in [0.05, 0.1) is 10.9 Å². The van der Waals surface area contributed by atoms with E-state index in [1.807, 2.05) is 40.8 Å². The van der Waals surface area contributed by atoms with Crippen molar-refractivity contribution in [3.63, 3.8) is 0 Å². The molecule has 1 aliphatic heterocycles. The van der Waals surface area contributed by atoms with Crippen molar-refractivity contribution in [1.29, 1.82) is 0 Å². The molecule has 204 valence electrons. The van der Waals surface area contributed by atoms with Gasteiger partial charge in [0.2, 0.25) is 0 Å². The minimum atomic E-state index is -4.44. The largest absolute Gasteiger partial charge is 0.444 e. The van der Waals surface area contributed by atoms with Crippen LogP contribution >= 0.6 is 0 Å². The average molecular weight is 530 g/mol. The zero-order valence-corrected chi connectivity index (χ0v) is 22.4. The van der Waals surface area contributed by atoms with E-state index in [2.05, 4.69) is 9.88 Å². The molecular weight excluding hydrogens is 495 g/mol. The first-order chi connectivity index (χ1) is 17.8. The molecule has 1 aliphatic carbocycles. The summed E-state index contributed by atoms with van der Waals surface area (Å²) in [5.41, 5.74) is 0.785. The van der Waals surface area contributed by atoms with E-state index in [4.69, 9.17) is 9.72 Å². The molecule has 0 unspecified atom stereocenters. The highest BCUT2D eigenvalue weighted by Crippen LogP contribution is 2.44. The zero-order valence-electron chi connectivity index (χ0n) is 22.4. The van der Waals surface area contributed by atoms with Crippen LogP contribution in [0, 0.1) is 0 Å². The normalized spacial score (nSPS) is 21.1. The van der Waals surface area contributed by atoms with Gasteiger partial charge in [-0.3, -0.25) is 0 Å². The second-order valence-corrected chi connectivity index (χ2v) is 11.5. The minimum absolute atomic E-state index is 0.0528. The van der Waals surface area contributed by atoms with E-state index in [-0.39, 0.29) is 18.2 Å². The van der Waals surface area contributed by atoms with Crippen LogP contribution in [0.1, 0.15) is 70.9 Å². The highest BCUT2D eigenvalue weighted by molar-refractivity contribution is 5.93. The fourth-order valence-corrected chi connectivity index (χ4v) is 5.35. The Morgan fingerprint density at radius 1 is 1.05 bits per heavy atom. The van der Waals surface area contributed by atoms with Crippen molar-refractivity contribution in [2.24, 2.45) is 0 Å². The van der Waals surface area contributed by atoms with E-state index >= 15 is 0 Å². The molecule has 2 fully saturated rings. The topological polar surface area (TPSA) is 63.5 Å². The Bertz CT molecular complexity index is 1340. The van der Waals surface area contributed by atoms with Crippen LogP contribution in [0.2, 0.25) is 0 Å². The molecule has 38 heavy (non-hydrogen) atoms. The van der Waals surface area contributed by atoms with E-state index in [0.717, 1.165) is 48.2 Å². The van der Waals surface area contributed by atoms with Crippen LogP contribution in [0.15, 0.2) is 36.8 Å². The fraction of sp³-hybridized carbons (Fsp3) is 0.536.